The van der Waals surface area contributed by atoms with Crippen LogP contribution < -0.4 is 9.05 Å². The zero-order valence-electron chi connectivity index (χ0n) is 29.7. The van der Waals surface area contributed by atoms with Crippen molar-refractivity contribution in [3.63, 3.8) is 0 Å². The first kappa shape index (κ1) is 41.6. The summed E-state index contributed by atoms with van der Waals surface area (Å²) in [6, 6.07) is 19.4. The molecule has 13 heteroatoms. The van der Waals surface area contributed by atoms with Crippen molar-refractivity contribution in [3.8, 4) is 11.5 Å². The zero-order valence-corrected chi connectivity index (χ0v) is 30.6. The summed E-state index contributed by atoms with van der Waals surface area (Å²) in [7, 11) is -4.44. The molecule has 0 heterocycles. The van der Waals surface area contributed by atoms with E-state index >= 15 is 0 Å². The molecule has 0 aromatic heterocycles. The van der Waals surface area contributed by atoms with Gasteiger partial charge in [0.2, 0.25) is 0 Å². The molecule has 3 aromatic rings. The number of phosphoric ester groups is 1. The third-order valence-electron chi connectivity index (χ3n) is 8.22. The van der Waals surface area contributed by atoms with Crippen LogP contribution in [0.1, 0.15) is 102 Å². The van der Waals surface area contributed by atoms with Crippen LogP contribution in [-0.2, 0) is 25.2 Å². The predicted molar refractivity (Wildman–Crippen MR) is 197 cm³/mol. The molecule has 0 spiro atoms. The Labute approximate surface area is 301 Å². The average molecular weight is 729 g/mol. The maximum absolute atomic E-state index is 14.0. The van der Waals surface area contributed by atoms with Gasteiger partial charge in [-0.25, -0.2) is 4.57 Å². The zero-order chi connectivity index (χ0) is 36.6. The highest BCUT2D eigenvalue weighted by atomic mass is 31.2. The quantitative estimate of drug-likeness (QED) is 0.0292. The van der Waals surface area contributed by atoms with E-state index in [-0.39, 0.29) is 42.7 Å². The lowest BCUT2D eigenvalue weighted by Gasteiger charge is -2.23. The monoisotopic (exact) mass is 728 g/mol. The van der Waals surface area contributed by atoms with E-state index in [1.807, 2.05) is 30.3 Å². The smallest absolute Gasteiger partial charge is 0.395 e. The van der Waals surface area contributed by atoms with Crippen molar-refractivity contribution < 1.29 is 37.5 Å². The summed E-state index contributed by atoms with van der Waals surface area (Å²) in [4.78, 5) is 21.1. The molecule has 0 unspecified atom stereocenters. The highest BCUT2D eigenvalue weighted by Crippen LogP contribution is 2.50. The molecule has 0 fully saturated rings. The Kier molecular flexibility index (Phi) is 19.9. The first-order valence-electron chi connectivity index (χ1n) is 18.1. The van der Waals surface area contributed by atoms with Crippen molar-refractivity contribution in [1.82, 2.24) is 0 Å². The molecular weight excluding hydrogens is 675 g/mol. The maximum atomic E-state index is 14.0. The number of non-ortho nitro benzene ring substituents is 2. The Morgan fingerprint density at radius 1 is 0.608 bits per heavy atom. The van der Waals surface area contributed by atoms with E-state index in [4.69, 9.17) is 23.0 Å². The van der Waals surface area contributed by atoms with Gasteiger partial charge in [-0.1, -0.05) is 121 Å². The van der Waals surface area contributed by atoms with Gasteiger partial charge in [0.05, 0.1) is 29.7 Å². The molecule has 0 saturated heterocycles. The molecule has 0 aliphatic carbocycles. The number of nitro benzene ring substituents is 2. The summed E-state index contributed by atoms with van der Waals surface area (Å²) in [5, 5.41) is 22.2. The van der Waals surface area contributed by atoms with Gasteiger partial charge in [0, 0.05) is 30.9 Å². The van der Waals surface area contributed by atoms with E-state index in [0.29, 0.717) is 6.61 Å². The number of rotatable bonds is 29. The largest absolute Gasteiger partial charge is 0.587 e. The minimum absolute atomic E-state index is 0.00153. The summed E-state index contributed by atoms with van der Waals surface area (Å²) in [6.07, 6.45) is 17.1. The summed E-state index contributed by atoms with van der Waals surface area (Å²) < 4.78 is 43.0. The normalized spacial score (nSPS) is 12.0. The standard InChI is InChI=1S/C38H53N2O10P/c1-2-3-4-5-6-7-8-9-10-11-12-13-14-18-29-46-31-38(47-30-33-19-16-15-17-20-33)32-48-51(45,49-36-25-21-34(22-26-36)39(41)42)50-37-27-23-35(24-28-37)40(43)44/h15-17,19-28,38H,2-14,18,29-32H2,1H3/t38-/m1/s1. The molecule has 0 aliphatic rings. The Morgan fingerprint density at radius 2 is 1.06 bits per heavy atom. The molecule has 0 radical (unpaired) electrons. The predicted octanol–water partition coefficient (Wildman–Crippen LogP) is 11.2. The number of ether oxygens (including phenoxy) is 2. The molecule has 0 aliphatic heterocycles. The van der Waals surface area contributed by atoms with E-state index in [1.165, 1.54) is 126 Å². The first-order valence-corrected chi connectivity index (χ1v) is 19.6. The molecule has 1 atom stereocenters. The fraction of sp³-hybridized carbons (Fsp3) is 0.526. The molecule has 0 saturated carbocycles. The first-order chi connectivity index (χ1) is 24.8. The molecule has 0 N–H and O–H groups in total. The minimum atomic E-state index is -4.44. The third-order valence-corrected chi connectivity index (χ3v) is 9.56. The van der Waals surface area contributed by atoms with Crippen LogP contribution in [0.3, 0.4) is 0 Å². The van der Waals surface area contributed by atoms with E-state index < -0.39 is 23.8 Å². The SMILES string of the molecule is CCCCCCCCCCCCCCCCOC[C@H](COP(=O)(Oc1ccc([N+](=O)[O-])cc1)Oc1ccc([N+](=O)[O-])cc1)OCc1ccccc1. The molecule has 12 nitrogen and oxygen atoms in total. The highest BCUT2D eigenvalue weighted by Gasteiger charge is 2.33. The van der Waals surface area contributed by atoms with Crippen LogP contribution in [0.15, 0.2) is 78.9 Å². The number of unbranched alkanes of at least 4 members (excludes halogenated alkanes) is 13. The van der Waals surface area contributed by atoms with E-state index in [9.17, 15) is 24.8 Å². The number of nitro groups is 2. The topological polar surface area (TPSA) is 150 Å². The Morgan fingerprint density at radius 3 is 1.51 bits per heavy atom. The maximum Gasteiger partial charge on any atom is 0.587 e. The van der Waals surface area contributed by atoms with Crippen molar-refractivity contribution in [2.75, 3.05) is 19.8 Å². The lowest BCUT2D eigenvalue weighted by molar-refractivity contribution is -0.385. The van der Waals surface area contributed by atoms with Crippen LogP contribution in [-0.4, -0.2) is 35.8 Å². The fourth-order valence-electron chi connectivity index (χ4n) is 5.31. The summed E-state index contributed by atoms with van der Waals surface area (Å²) >= 11 is 0. The number of phosphoric acid groups is 1. The van der Waals surface area contributed by atoms with Gasteiger partial charge in [-0.15, -0.1) is 0 Å². The van der Waals surface area contributed by atoms with E-state index in [1.54, 1.807) is 0 Å². The van der Waals surface area contributed by atoms with Crippen LogP contribution in [0.25, 0.3) is 0 Å². The lowest BCUT2D eigenvalue weighted by atomic mass is 10.0. The van der Waals surface area contributed by atoms with Crippen LogP contribution in [0.4, 0.5) is 11.4 Å². The molecule has 51 heavy (non-hydrogen) atoms. The molecule has 280 valence electrons. The van der Waals surface area contributed by atoms with Gasteiger partial charge < -0.3 is 18.5 Å². The number of nitrogens with zero attached hydrogens (tertiary/aromatic N) is 2. The summed E-state index contributed by atoms with van der Waals surface area (Å²) in [6.45, 7) is 2.98. The Bertz CT molecular complexity index is 1380. The number of benzene rings is 3. The fourth-order valence-corrected chi connectivity index (χ4v) is 6.56. The molecule has 3 aromatic carbocycles. The summed E-state index contributed by atoms with van der Waals surface area (Å²) in [5.41, 5.74) is 0.571. The number of hydrogen-bond acceptors (Lipinski definition) is 10. The van der Waals surface area contributed by atoms with Crippen molar-refractivity contribution in [1.29, 1.82) is 0 Å². The average Bonchev–Trinajstić information content (AvgIpc) is 3.13. The second-order valence-electron chi connectivity index (χ2n) is 12.5. The van der Waals surface area contributed by atoms with Crippen molar-refractivity contribution in [2.45, 2.75) is 110 Å². The van der Waals surface area contributed by atoms with E-state index in [0.717, 1.165) is 18.4 Å². The van der Waals surface area contributed by atoms with Gasteiger partial charge in [0.1, 0.15) is 17.6 Å². The van der Waals surface area contributed by atoms with Gasteiger partial charge >= 0.3 is 7.82 Å². The molecule has 3 rings (SSSR count). The van der Waals surface area contributed by atoms with Crippen molar-refractivity contribution in [3.05, 3.63) is 105 Å². The van der Waals surface area contributed by atoms with E-state index in [2.05, 4.69) is 6.92 Å². The Balaban J connectivity index is 1.50. The van der Waals surface area contributed by atoms with Gasteiger partial charge in [-0.2, -0.15) is 0 Å². The van der Waals surface area contributed by atoms with Gasteiger partial charge in [0.25, 0.3) is 11.4 Å². The minimum Gasteiger partial charge on any atom is -0.395 e. The number of hydrogen-bond donors (Lipinski definition) is 0. The third kappa shape index (κ3) is 17.8. The molecule has 0 amide bonds. The van der Waals surface area contributed by atoms with Crippen LogP contribution in [0, 0.1) is 20.2 Å². The lowest BCUT2D eigenvalue weighted by Crippen LogP contribution is -2.26. The van der Waals surface area contributed by atoms with Crippen LogP contribution in [0.5, 0.6) is 11.5 Å². The van der Waals surface area contributed by atoms with Gasteiger partial charge in [-0.05, 0) is 36.2 Å². The van der Waals surface area contributed by atoms with Crippen molar-refractivity contribution >= 4 is 19.2 Å². The van der Waals surface area contributed by atoms with Crippen molar-refractivity contribution in [2.24, 2.45) is 0 Å². The van der Waals surface area contributed by atoms with Crippen LogP contribution >= 0.6 is 7.82 Å². The second-order valence-corrected chi connectivity index (χ2v) is 14.0. The summed E-state index contributed by atoms with van der Waals surface area (Å²) in [5.74, 6) is 0.00306. The second kappa shape index (κ2) is 24.4. The van der Waals surface area contributed by atoms with Gasteiger partial charge in [0.15, 0.2) is 0 Å². The molecular formula is C38H53N2O10P. The van der Waals surface area contributed by atoms with Gasteiger partial charge in [-0.3, -0.25) is 24.8 Å². The highest BCUT2D eigenvalue weighted by molar-refractivity contribution is 7.49. The van der Waals surface area contributed by atoms with Crippen LogP contribution in [0.2, 0.25) is 0 Å². The Hall–Kier alpha value is -3.83. The molecule has 0 bridgehead atoms.